The van der Waals surface area contributed by atoms with E-state index in [0.29, 0.717) is 0 Å². The summed E-state index contributed by atoms with van der Waals surface area (Å²) in [4.78, 5) is 15.6. The zero-order chi connectivity index (χ0) is 14.4. The van der Waals surface area contributed by atoms with Crippen molar-refractivity contribution in [3.63, 3.8) is 0 Å². The molecule has 106 valence electrons. The molecule has 0 saturated heterocycles. The number of ether oxygens (including phenoxy) is 2. The number of esters is 1. The number of carbonyl (C=O) groups excluding carboxylic acids is 1. The van der Waals surface area contributed by atoms with Gasteiger partial charge in [-0.15, -0.1) is 0 Å². The lowest BCUT2D eigenvalue weighted by Gasteiger charge is -2.07. The first kappa shape index (κ1) is 14.1. The molecule has 0 N–H and O–H groups in total. The molecule has 1 heterocycles. The van der Waals surface area contributed by atoms with Crippen LogP contribution in [-0.4, -0.2) is 29.7 Å². The molecule has 0 bridgehead atoms. The summed E-state index contributed by atoms with van der Waals surface area (Å²) in [5.74, 6) is 1.46. The summed E-state index contributed by atoms with van der Waals surface area (Å²) in [5.41, 5.74) is 1.21. The molecule has 0 amide bonds. The van der Waals surface area contributed by atoms with Crippen molar-refractivity contribution in [3.05, 3.63) is 48.0 Å². The van der Waals surface area contributed by atoms with Crippen molar-refractivity contribution in [3.8, 4) is 5.75 Å². The molecule has 1 aromatic heterocycles. The Balaban J connectivity index is 1.96. The van der Waals surface area contributed by atoms with E-state index < -0.39 is 0 Å². The summed E-state index contributed by atoms with van der Waals surface area (Å²) in [6.07, 6.45) is 5.13. The Hall–Kier alpha value is -2.30. The van der Waals surface area contributed by atoms with Crippen LogP contribution < -0.4 is 4.74 Å². The van der Waals surface area contributed by atoms with Gasteiger partial charge >= 0.3 is 5.97 Å². The molecule has 0 atom stereocenters. The molecule has 1 aromatic carbocycles. The highest BCUT2D eigenvalue weighted by Gasteiger charge is 2.07. The van der Waals surface area contributed by atoms with Gasteiger partial charge in [0.25, 0.3) is 0 Å². The molecule has 0 aliphatic carbocycles. The first-order valence-electron chi connectivity index (χ1n) is 6.42. The molecule has 0 unspecified atom stereocenters. The molecule has 0 radical (unpaired) electrons. The quantitative estimate of drug-likeness (QED) is 0.754. The van der Waals surface area contributed by atoms with E-state index in [9.17, 15) is 4.79 Å². The molecular formula is C15H18N2O3. The number of aromatic nitrogens is 2. The van der Waals surface area contributed by atoms with Crippen LogP contribution in [0.1, 0.15) is 11.4 Å². The monoisotopic (exact) mass is 274 g/mol. The maximum absolute atomic E-state index is 11.3. The van der Waals surface area contributed by atoms with E-state index in [-0.39, 0.29) is 12.5 Å². The minimum atomic E-state index is -0.270. The Kier molecular flexibility index (Phi) is 4.76. The van der Waals surface area contributed by atoms with Gasteiger partial charge in [0.1, 0.15) is 18.1 Å². The van der Waals surface area contributed by atoms with Crippen LogP contribution in [0.25, 0.3) is 0 Å². The lowest BCUT2D eigenvalue weighted by Crippen LogP contribution is -2.13. The number of carbonyl (C=O) groups is 1. The highest BCUT2D eigenvalue weighted by atomic mass is 16.5. The van der Waals surface area contributed by atoms with Gasteiger partial charge in [-0.25, -0.2) is 4.98 Å². The SMILES string of the molecule is COC(=O)Cn1ccnc1CCc1ccc(OC)cc1. The summed E-state index contributed by atoms with van der Waals surface area (Å²) in [6.45, 7) is 0.203. The van der Waals surface area contributed by atoms with Gasteiger partial charge in [0.05, 0.1) is 14.2 Å². The number of benzene rings is 1. The second-order valence-corrected chi connectivity index (χ2v) is 4.40. The zero-order valence-corrected chi connectivity index (χ0v) is 11.7. The number of aryl methyl sites for hydroxylation is 2. The molecule has 0 saturated carbocycles. The van der Waals surface area contributed by atoms with Crippen LogP contribution in [0, 0.1) is 0 Å². The number of rotatable bonds is 6. The third-order valence-electron chi connectivity index (χ3n) is 3.13. The lowest BCUT2D eigenvalue weighted by atomic mass is 10.1. The number of hydrogen-bond donors (Lipinski definition) is 0. The zero-order valence-electron chi connectivity index (χ0n) is 11.7. The van der Waals surface area contributed by atoms with E-state index in [0.717, 1.165) is 24.4 Å². The fraction of sp³-hybridized carbons (Fsp3) is 0.333. The van der Waals surface area contributed by atoms with E-state index >= 15 is 0 Å². The predicted molar refractivity (Wildman–Crippen MR) is 74.6 cm³/mol. The topological polar surface area (TPSA) is 53.4 Å². The van der Waals surface area contributed by atoms with Gasteiger partial charge < -0.3 is 14.0 Å². The highest BCUT2D eigenvalue weighted by molar-refractivity contribution is 5.69. The summed E-state index contributed by atoms with van der Waals surface area (Å²) in [5, 5.41) is 0. The summed E-state index contributed by atoms with van der Waals surface area (Å²) < 4.78 is 11.6. The van der Waals surface area contributed by atoms with E-state index in [2.05, 4.69) is 9.72 Å². The van der Waals surface area contributed by atoms with Crippen LogP contribution in [0.2, 0.25) is 0 Å². The molecular weight excluding hydrogens is 256 g/mol. The second kappa shape index (κ2) is 6.75. The van der Waals surface area contributed by atoms with Crippen molar-refractivity contribution in [2.75, 3.05) is 14.2 Å². The van der Waals surface area contributed by atoms with E-state index in [1.807, 2.05) is 28.8 Å². The molecule has 0 aliphatic rings. The van der Waals surface area contributed by atoms with Gasteiger partial charge in [-0.2, -0.15) is 0 Å². The Labute approximate surface area is 118 Å². The van der Waals surface area contributed by atoms with Crippen LogP contribution in [0.4, 0.5) is 0 Å². The van der Waals surface area contributed by atoms with Gasteiger partial charge in [0.2, 0.25) is 0 Å². The molecule has 0 spiro atoms. The van der Waals surface area contributed by atoms with Crippen LogP contribution in [0.5, 0.6) is 5.75 Å². The van der Waals surface area contributed by atoms with Gasteiger partial charge in [-0.3, -0.25) is 4.79 Å². The van der Waals surface area contributed by atoms with Gasteiger partial charge in [0, 0.05) is 18.8 Å². The average molecular weight is 274 g/mol. The van der Waals surface area contributed by atoms with E-state index in [4.69, 9.17) is 4.74 Å². The minimum Gasteiger partial charge on any atom is -0.497 e. The Bertz CT molecular complexity index is 561. The third-order valence-corrected chi connectivity index (χ3v) is 3.13. The maximum Gasteiger partial charge on any atom is 0.325 e. The third kappa shape index (κ3) is 3.60. The molecule has 2 aromatic rings. The normalized spacial score (nSPS) is 10.3. The van der Waals surface area contributed by atoms with Crippen molar-refractivity contribution in [1.29, 1.82) is 0 Å². The molecule has 0 aliphatic heterocycles. The summed E-state index contributed by atoms with van der Waals surface area (Å²) in [7, 11) is 3.04. The predicted octanol–water partition coefficient (Wildman–Crippen LogP) is 1.85. The van der Waals surface area contributed by atoms with Gasteiger partial charge in [0.15, 0.2) is 0 Å². The van der Waals surface area contributed by atoms with Crippen LogP contribution in [0.15, 0.2) is 36.7 Å². The van der Waals surface area contributed by atoms with Gasteiger partial charge in [-0.1, -0.05) is 12.1 Å². The fourth-order valence-corrected chi connectivity index (χ4v) is 1.96. The Morgan fingerprint density at radius 2 is 1.95 bits per heavy atom. The second-order valence-electron chi connectivity index (χ2n) is 4.40. The smallest absolute Gasteiger partial charge is 0.325 e. The van der Waals surface area contributed by atoms with Crippen molar-refractivity contribution in [2.24, 2.45) is 0 Å². The first-order valence-corrected chi connectivity index (χ1v) is 6.42. The molecule has 0 fully saturated rings. The largest absolute Gasteiger partial charge is 0.497 e. The minimum absolute atomic E-state index is 0.203. The van der Waals surface area contributed by atoms with Gasteiger partial charge in [-0.05, 0) is 24.1 Å². The number of nitrogens with zero attached hydrogens (tertiary/aromatic N) is 2. The standard InChI is InChI=1S/C15H18N2O3/c1-19-13-6-3-12(4-7-13)5-8-14-16-9-10-17(14)11-15(18)20-2/h3-4,6-7,9-10H,5,8,11H2,1-2H3. The lowest BCUT2D eigenvalue weighted by molar-refractivity contribution is -0.141. The Morgan fingerprint density at radius 1 is 1.20 bits per heavy atom. The Morgan fingerprint density at radius 3 is 2.60 bits per heavy atom. The molecule has 5 nitrogen and oxygen atoms in total. The molecule has 20 heavy (non-hydrogen) atoms. The van der Waals surface area contributed by atoms with Crippen LogP contribution in [-0.2, 0) is 28.9 Å². The van der Waals surface area contributed by atoms with Crippen molar-refractivity contribution < 1.29 is 14.3 Å². The van der Waals surface area contributed by atoms with E-state index in [1.54, 1.807) is 19.5 Å². The maximum atomic E-state index is 11.3. The summed E-state index contributed by atoms with van der Waals surface area (Å²) >= 11 is 0. The van der Waals surface area contributed by atoms with Crippen molar-refractivity contribution in [2.45, 2.75) is 19.4 Å². The first-order chi connectivity index (χ1) is 9.72. The number of hydrogen-bond acceptors (Lipinski definition) is 4. The van der Waals surface area contributed by atoms with Crippen LogP contribution in [0.3, 0.4) is 0 Å². The molecule has 2 rings (SSSR count). The molecule has 5 heteroatoms. The summed E-state index contributed by atoms with van der Waals surface area (Å²) in [6, 6.07) is 7.95. The van der Waals surface area contributed by atoms with Crippen LogP contribution >= 0.6 is 0 Å². The number of imidazole rings is 1. The fourth-order valence-electron chi connectivity index (χ4n) is 1.96. The number of methoxy groups -OCH3 is 2. The highest BCUT2D eigenvalue weighted by Crippen LogP contribution is 2.13. The van der Waals surface area contributed by atoms with Crippen molar-refractivity contribution in [1.82, 2.24) is 9.55 Å². The average Bonchev–Trinajstić information content (AvgIpc) is 2.92. The van der Waals surface area contributed by atoms with E-state index in [1.165, 1.54) is 12.7 Å². The van der Waals surface area contributed by atoms with Crippen molar-refractivity contribution >= 4 is 5.97 Å².